The number of aromatic amines is 2. The number of H-pyrrole nitrogens is 2. The summed E-state index contributed by atoms with van der Waals surface area (Å²) in [7, 11) is 0. The van der Waals surface area contributed by atoms with Crippen LogP contribution in [0, 0.1) is 0 Å². The minimum Gasteiger partial charge on any atom is -0.375 e. The molecule has 0 aliphatic carbocycles. The second-order valence-electron chi connectivity index (χ2n) is 9.58. The van der Waals surface area contributed by atoms with Crippen LogP contribution in [0.3, 0.4) is 0 Å². The fourth-order valence-electron chi connectivity index (χ4n) is 5.41. The molecule has 34 heavy (non-hydrogen) atoms. The maximum atomic E-state index is 5.80. The highest BCUT2D eigenvalue weighted by Crippen LogP contribution is 2.40. The van der Waals surface area contributed by atoms with Crippen LogP contribution in [0.2, 0.25) is 0 Å². The van der Waals surface area contributed by atoms with Gasteiger partial charge in [0, 0.05) is 45.7 Å². The van der Waals surface area contributed by atoms with Gasteiger partial charge in [0.1, 0.15) is 0 Å². The Bertz CT molecular complexity index is 1450. The molecule has 8 heteroatoms. The van der Waals surface area contributed by atoms with E-state index in [1.165, 1.54) is 45.4 Å². The third kappa shape index (κ3) is 3.76. The molecule has 1 aliphatic heterocycles. The topological polar surface area (TPSA) is 99.5 Å². The molecule has 0 amide bonds. The molecule has 174 valence electrons. The van der Waals surface area contributed by atoms with Gasteiger partial charge in [-0.25, -0.2) is 9.97 Å². The lowest BCUT2D eigenvalue weighted by atomic mass is 9.87. The van der Waals surface area contributed by atoms with Crippen LogP contribution < -0.4 is 5.73 Å². The third-order valence-electron chi connectivity index (χ3n) is 7.07. The van der Waals surface area contributed by atoms with Crippen LogP contribution in [-0.4, -0.2) is 43.1 Å². The van der Waals surface area contributed by atoms with Gasteiger partial charge in [-0.3, -0.25) is 10.00 Å². The lowest BCUT2D eigenvalue weighted by Gasteiger charge is -2.31. The second kappa shape index (κ2) is 8.52. The van der Waals surface area contributed by atoms with Gasteiger partial charge in [-0.15, -0.1) is 11.3 Å². The Labute approximate surface area is 202 Å². The Kier molecular flexibility index (Phi) is 5.34. The summed E-state index contributed by atoms with van der Waals surface area (Å²) in [5.41, 5.74) is 13.0. The van der Waals surface area contributed by atoms with Crippen LogP contribution in [0.4, 0.5) is 5.13 Å². The van der Waals surface area contributed by atoms with Gasteiger partial charge in [-0.1, -0.05) is 19.9 Å². The normalized spacial score (nSPS) is 15.7. The molecule has 4 N–H and O–H groups in total. The van der Waals surface area contributed by atoms with Crippen molar-refractivity contribution in [2.45, 2.75) is 45.1 Å². The number of nitrogens with zero attached hydrogens (tertiary/aromatic N) is 4. The predicted molar refractivity (Wildman–Crippen MR) is 139 cm³/mol. The van der Waals surface area contributed by atoms with Crippen molar-refractivity contribution < 1.29 is 0 Å². The molecule has 6 rings (SSSR count). The van der Waals surface area contributed by atoms with Gasteiger partial charge in [0.25, 0.3) is 0 Å². The first-order chi connectivity index (χ1) is 16.6. The fourth-order valence-corrected chi connectivity index (χ4v) is 6.13. The number of benzene rings is 1. The van der Waals surface area contributed by atoms with Crippen LogP contribution in [0.1, 0.15) is 54.5 Å². The van der Waals surface area contributed by atoms with Crippen LogP contribution in [-0.2, 0) is 6.54 Å². The number of pyridine rings is 1. The van der Waals surface area contributed by atoms with Gasteiger partial charge >= 0.3 is 0 Å². The van der Waals surface area contributed by atoms with Crippen molar-refractivity contribution >= 4 is 38.4 Å². The Morgan fingerprint density at radius 2 is 1.97 bits per heavy atom. The minimum atomic E-state index is 0.391. The quantitative estimate of drug-likeness (QED) is 0.308. The number of nitrogens with two attached hydrogens (primary N) is 1. The zero-order valence-corrected chi connectivity index (χ0v) is 20.3. The van der Waals surface area contributed by atoms with Crippen molar-refractivity contribution in [1.82, 2.24) is 30.0 Å². The van der Waals surface area contributed by atoms with Gasteiger partial charge in [0.2, 0.25) is 0 Å². The molecule has 1 aromatic carbocycles. The van der Waals surface area contributed by atoms with Crippen molar-refractivity contribution in [2.75, 3.05) is 18.8 Å². The monoisotopic (exact) mass is 471 g/mol. The molecular formula is C26H29N7S. The minimum absolute atomic E-state index is 0.391. The summed E-state index contributed by atoms with van der Waals surface area (Å²) in [4.78, 5) is 16.1. The van der Waals surface area contributed by atoms with Crippen molar-refractivity contribution in [2.24, 2.45) is 0 Å². The number of hydrogen-bond donors (Lipinski definition) is 3. The molecule has 0 atom stereocenters. The Hall–Kier alpha value is -3.23. The Morgan fingerprint density at radius 3 is 2.74 bits per heavy atom. The average Bonchev–Trinajstić information content (AvgIpc) is 3.56. The third-order valence-corrected chi connectivity index (χ3v) is 7.88. The smallest absolute Gasteiger partial charge is 0.180 e. The summed E-state index contributed by atoms with van der Waals surface area (Å²) in [6.45, 7) is 7.71. The number of likely N-dealkylation sites (tertiary alicyclic amines) is 1. The zero-order valence-electron chi connectivity index (χ0n) is 19.5. The largest absolute Gasteiger partial charge is 0.375 e. The number of nitrogens with one attached hydrogen (secondary N) is 2. The molecule has 0 unspecified atom stereocenters. The number of fused-ring (bicyclic) bond motifs is 2. The first-order valence-corrected chi connectivity index (χ1v) is 12.7. The van der Waals surface area contributed by atoms with Crippen LogP contribution in [0.25, 0.3) is 33.2 Å². The lowest BCUT2D eigenvalue weighted by Crippen LogP contribution is -2.32. The fraction of sp³-hybridized carbons (Fsp3) is 0.346. The summed E-state index contributed by atoms with van der Waals surface area (Å²) < 4.78 is 0. The van der Waals surface area contributed by atoms with Gasteiger partial charge in [0.15, 0.2) is 10.8 Å². The van der Waals surface area contributed by atoms with Crippen LogP contribution in [0.15, 0.2) is 42.9 Å². The van der Waals surface area contributed by atoms with E-state index in [1.54, 1.807) is 11.3 Å². The lowest BCUT2D eigenvalue weighted by molar-refractivity contribution is 0.206. The van der Waals surface area contributed by atoms with Crippen LogP contribution >= 0.6 is 11.3 Å². The molecule has 5 heterocycles. The highest BCUT2D eigenvalue weighted by Gasteiger charge is 2.23. The summed E-state index contributed by atoms with van der Waals surface area (Å²) in [5, 5.41) is 10.2. The number of piperidine rings is 1. The van der Waals surface area contributed by atoms with E-state index >= 15 is 0 Å². The van der Waals surface area contributed by atoms with E-state index < -0.39 is 0 Å². The van der Waals surface area contributed by atoms with Gasteiger partial charge in [-0.05, 0) is 67.1 Å². The molecule has 0 spiro atoms. The summed E-state index contributed by atoms with van der Waals surface area (Å²) in [6, 6.07) is 9.10. The number of hydrogen-bond acceptors (Lipinski definition) is 6. The molecule has 0 saturated carbocycles. The Balaban J connectivity index is 1.30. The highest BCUT2D eigenvalue weighted by molar-refractivity contribution is 7.15. The predicted octanol–water partition coefficient (Wildman–Crippen LogP) is 5.65. The molecule has 0 bridgehead atoms. The Morgan fingerprint density at radius 1 is 1.12 bits per heavy atom. The van der Waals surface area contributed by atoms with E-state index in [4.69, 9.17) is 5.73 Å². The van der Waals surface area contributed by atoms with E-state index in [2.05, 4.69) is 68.2 Å². The van der Waals surface area contributed by atoms with Crippen molar-refractivity contribution in [3.8, 4) is 11.3 Å². The van der Waals surface area contributed by atoms with E-state index in [9.17, 15) is 0 Å². The molecule has 1 saturated heterocycles. The number of aromatic nitrogens is 5. The standard InChI is InChI=1S/C26H29N7S/c1-15(2)23-20-11-17(16-6-9-33(10-7-16)14-18-12-29-26(27)34-18)3-4-22(20)31-24(23)19-5-8-28-25-21(19)13-30-32-25/h3-5,8,11-13,15-16,31H,6-7,9-10,14H2,1-2H3,(H2,27,29)(H,28,30,32). The molecular weight excluding hydrogens is 442 g/mol. The van der Waals surface area contributed by atoms with E-state index in [0.29, 0.717) is 17.0 Å². The number of anilines is 1. The molecule has 7 nitrogen and oxygen atoms in total. The van der Waals surface area contributed by atoms with E-state index in [1.807, 2.05) is 18.6 Å². The number of thiazole rings is 1. The SMILES string of the molecule is CC(C)c1c(-c2ccnc3[nH]ncc23)[nH]c2ccc(C3CCN(Cc4cnc(N)s4)CC3)cc12. The van der Waals surface area contributed by atoms with E-state index in [0.717, 1.165) is 36.2 Å². The van der Waals surface area contributed by atoms with Gasteiger partial charge in [0.05, 0.1) is 11.9 Å². The van der Waals surface area contributed by atoms with Crippen LogP contribution in [0.5, 0.6) is 0 Å². The summed E-state index contributed by atoms with van der Waals surface area (Å²) >= 11 is 1.60. The first kappa shape index (κ1) is 21.3. The molecule has 4 aromatic heterocycles. The summed E-state index contributed by atoms with van der Waals surface area (Å²) in [6.07, 6.45) is 7.98. The maximum Gasteiger partial charge on any atom is 0.180 e. The average molecular weight is 472 g/mol. The second-order valence-corrected chi connectivity index (χ2v) is 10.7. The van der Waals surface area contributed by atoms with Crippen molar-refractivity contribution in [1.29, 1.82) is 0 Å². The molecule has 5 aromatic rings. The van der Waals surface area contributed by atoms with Crippen molar-refractivity contribution in [3.63, 3.8) is 0 Å². The zero-order chi connectivity index (χ0) is 23.2. The first-order valence-electron chi connectivity index (χ1n) is 11.9. The van der Waals surface area contributed by atoms with Gasteiger partial charge in [-0.2, -0.15) is 5.10 Å². The maximum absolute atomic E-state index is 5.80. The molecule has 1 fully saturated rings. The van der Waals surface area contributed by atoms with E-state index in [-0.39, 0.29) is 0 Å². The molecule has 1 aliphatic rings. The number of nitrogen functional groups attached to an aromatic ring is 1. The molecule has 0 radical (unpaired) electrons. The highest BCUT2D eigenvalue weighted by atomic mass is 32.1. The van der Waals surface area contributed by atoms with Crippen molar-refractivity contribution in [3.05, 3.63) is 58.9 Å². The van der Waals surface area contributed by atoms with Gasteiger partial charge < -0.3 is 10.7 Å². The summed E-state index contributed by atoms with van der Waals surface area (Å²) in [5.74, 6) is 0.981. The number of rotatable bonds is 5.